The molecule has 2 aromatic carbocycles. The molecule has 2 heterocycles. The number of piperazine rings is 1. The van der Waals surface area contributed by atoms with Crippen LogP contribution in [0, 0.1) is 5.82 Å². The average molecular weight is 324 g/mol. The van der Waals surface area contributed by atoms with Crippen LogP contribution in [0.25, 0.3) is 11.0 Å². The van der Waals surface area contributed by atoms with Gasteiger partial charge in [0.05, 0.1) is 23.1 Å². The van der Waals surface area contributed by atoms with Gasteiger partial charge in [-0.1, -0.05) is 18.2 Å². The number of nitrogens with one attached hydrogen (secondary N) is 1. The maximum atomic E-state index is 13.9. The lowest BCUT2D eigenvalue weighted by molar-refractivity contribution is 0.0748. The third-order valence-electron chi connectivity index (χ3n) is 4.44. The molecule has 122 valence electrons. The van der Waals surface area contributed by atoms with E-state index in [4.69, 9.17) is 0 Å². The van der Waals surface area contributed by atoms with Crippen LogP contribution in [0.2, 0.25) is 0 Å². The number of carbonyl (C=O) groups is 1. The summed E-state index contributed by atoms with van der Waals surface area (Å²) in [6.07, 6.45) is 1.59. The highest BCUT2D eigenvalue weighted by Gasteiger charge is 2.24. The fraction of sp³-hybridized carbons (Fsp3) is 0.222. The molecule has 0 atom stereocenters. The predicted octanol–water partition coefficient (Wildman–Crippen LogP) is 2.66. The van der Waals surface area contributed by atoms with Gasteiger partial charge >= 0.3 is 0 Å². The number of hydrogen-bond acceptors (Lipinski definition) is 3. The lowest BCUT2D eigenvalue weighted by atomic mass is 10.1. The smallest absolute Gasteiger partial charge is 0.256 e. The van der Waals surface area contributed by atoms with Crippen LogP contribution in [0.1, 0.15) is 10.4 Å². The summed E-state index contributed by atoms with van der Waals surface area (Å²) < 4.78 is 13.9. The number of fused-ring (bicyclic) bond motifs is 1. The second-order valence-corrected chi connectivity index (χ2v) is 5.83. The van der Waals surface area contributed by atoms with Gasteiger partial charge < -0.3 is 14.8 Å². The lowest BCUT2D eigenvalue weighted by Gasteiger charge is -2.36. The molecule has 4 rings (SSSR count). The highest BCUT2D eigenvalue weighted by Crippen LogP contribution is 2.22. The Kier molecular flexibility index (Phi) is 3.65. The Labute approximate surface area is 138 Å². The van der Waals surface area contributed by atoms with Crippen LogP contribution in [-0.4, -0.2) is 47.0 Å². The highest BCUT2D eigenvalue weighted by molar-refractivity contribution is 6.04. The van der Waals surface area contributed by atoms with Crippen LogP contribution in [0.5, 0.6) is 0 Å². The summed E-state index contributed by atoms with van der Waals surface area (Å²) in [5.74, 6) is -0.251. The number of aromatic nitrogens is 2. The van der Waals surface area contributed by atoms with Crippen LogP contribution >= 0.6 is 0 Å². The van der Waals surface area contributed by atoms with Gasteiger partial charge in [0.2, 0.25) is 0 Å². The van der Waals surface area contributed by atoms with Crippen molar-refractivity contribution >= 4 is 22.6 Å². The number of halogens is 1. The summed E-state index contributed by atoms with van der Waals surface area (Å²) in [4.78, 5) is 23.9. The van der Waals surface area contributed by atoms with Gasteiger partial charge in [0.15, 0.2) is 0 Å². The first-order chi connectivity index (χ1) is 11.7. The predicted molar refractivity (Wildman–Crippen MR) is 90.6 cm³/mol. The quantitative estimate of drug-likeness (QED) is 0.788. The summed E-state index contributed by atoms with van der Waals surface area (Å²) in [6, 6.07) is 12.3. The van der Waals surface area contributed by atoms with Gasteiger partial charge in [-0.05, 0) is 24.3 Å². The number of imidazole rings is 1. The Morgan fingerprint density at radius 2 is 1.83 bits per heavy atom. The Morgan fingerprint density at radius 1 is 1.04 bits per heavy atom. The van der Waals surface area contributed by atoms with E-state index in [1.54, 1.807) is 29.4 Å². The van der Waals surface area contributed by atoms with E-state index in [1.807, 2.05) is 23.1 Å². The van der Waals surface area contributed by atoms with Crippen molar-refractivity contribution in [1.29, 1.82) is 0 Å². The number of H-pyrrole nitrogens is 1. The van der Waals surface area contributed by atoms with Crippen LogP contribution in [-0.2, 0) is 0 Å². The molecule has 0 saturated carbocycles. The second-order valence-electron chi connectivity index (χ2n) is 5.83. The van der Waals surface area contributed by atoms with Crippen LogP contribution in [0.4, 0.5) is 10.1 Å². The first-order valence-corrected chi connectivity index (χ1v) is 7.95. The third-order valence-corrected chi connectivity index (χ3v) is 4.44. The van der Waals surface area contributed by atoms with Crippen molar-refractivity contribution in [3.8, 4) is 0 Å². The van der Waals surface area contributed by atoms with Crippen LogP contribution in [0.3, 0.4) is 0 Å². The molecule has 1 aliphatic rings. The van der Waals surface area contributed by atoms with Gasteiger partial charge in [0, 0.05) is 26.2 Å². The van der Waals surface area contributed by atoms with Crippen molar-refractivity contribution < 1.29 is 9.18 Å². The van der Waals surface area contributed by atoms with Gasteiger partial charge in [-0.3, -0.25) is 4.79 Å². The second kappa shape index (κ2) is 5.96. The molecule has 1 aromatic heterocycles. The number of carbonyl (C=O) groups excluding carboxylic acids is 1. The van der Waals surface area contributed by atoms with E-state index in [0.29, 0.717) is 42.9 Å². The minimum Gasteiger partial charge on any atom is -0.366 e. The zero-order chi connectivity index (χ0) is 16.5. The molecule has 6 heteroatoms. The number of rotatable bonds is 2. The first-order valence-electron chi connectivity index (χ1n) is 7.95. The summed E-state index contributed by atoms with van der Waals surface area (Å²) in [6.45, 7) is 2.36. The maximum Gasteiger partial charge on any atom is 0.256 e. The van der Waals surface area contributed by atoms with Crippen molar-refractivity contribution in [1.82, 2.24) is 14.9 Å². The van der Waals surface area contributed by atoms with Gasteiger partial charge in [-0.15, -0.1) is 0 Å². The van der Waals surface area contributed by atoms with E-state index in [9.17, 15) is 9.18 Å². The van der Waals surface area contributed by atoms with Gasteiger partial charge in [0.25, 0.3) is 5.91 Å². The number of aromatic amines is 1. The van der Waals surface area contributed by atoms with E-state index >= 15 is 0 Å². The van der Waals surface area contributed by atoms with E-state index < -0.39 is 0 Å². The molecule has 0 spiro atoms. The molecule has 3 aromatic rings. The Hall–Kier alpha value is -2.89. The SMILES string of the molecule is O=C(c1cccc2[nH]cnc12)N1CCN(c2ccccc2F)CC1. The topological polar surface area (TPSA) is 52.2 Å². The fourth-order valence-corrected chi connectivity index (χ4v) is 3.17. The molecule has 1 N–H and O–H groups in total. The monoisotopic (exact) mass is 324 g/mol. The normalized spacial score (nSPS) is 15.0. The molecule has 0 bridgehead atoms. The van der Waals surface area contributed by atoms with E-state index in [-0.39, 0.29) is 11.7 Å². The minimum absolute atomic E-state index is 0.0270. The molecule has 5 nitrogen and oxygen atoms in total. The Bertz CT molecular complexity index is 883. The van der Waals surface area contributed by atoms with Gasteiger partial charge in [0.1, 0.15) is 11.3 Å². The largest absolute Gasteiger partial charge is 0.366 e. The number of nitrogens with zero attached hydrogens (tertiary/aromatic N) is 3. The van der Waals surface area contributed by atoms with Crippen LogP contribution < -0.4 is 4.90 Å². The molecule has 1 amide bonds. The van der Waals surface area contributed by atoms with E-state index in [0.717, 1.165) is 5.52 Å². The van der Waals surface area contributed by atoms with Crippen molar-refractivity contribution in [2.45, 2.75) is 0 Å². The molecule has 1 aliphatic heterocycles. The molecule has 24 heavy (non-hydrogen) atoms. The van der Waals surface area contributed by atoms with Gasteiger partial charge in [-0.2, -0.15) is 0 Å². The standard InChI is InChI=1S/C18H17FN4O/c19-14-5-1-2-7-16(14)22-8-10-23(11-9-22)18(24)13-4-3-6-15-17(13)21-12-20-15/h1-7,12H,8-11H2,(H,20,21). The number of anilines is 1. The number of amides is 1. The third kappa shape index (κ3) is 2.50. The molecule has 1 fully saturated rings. The molecule has 0 aliphatic carbocycles. The fourth-order valence-electron chi connectivity index (χ4n) is 3.17. The van der Waals surface area contributed by atoms with E-state index in [1.165, 1.54) is 6.07 Å². The highest BCUT2D eigenvalue weighted by atomic mass is 19.1. The summed E-state index contributed by atoms with van der Waals surface area (Å²) in [5, 5.41) is 0. The van der Waals surface area contributed by atoms with Crippen molar-refractivity contribution in [2.24, 2.45) is 0 Å². The average Bonchev–Trinajstić information content (AvgIpc) is 3.10. The summed E-state index contributed by atoms with van der Waals surface area (Å²) >= 11 is 0. The summed E-state index contributed by atoms with van der Waals surface area (Å²) in [5.41, 5.74) is 2.75. The molecular formula is C18H17FN4O. The van der Waals surface area contributed by atoms with Crippen molar-refractivity contribution in [3.05, 3.63) is 60.2 Å². The number of hydrogen-bond donors (Lipinski definition) is 1. The number of para-hydroxylation sites is 2. The van der Waals surface area contributed by atoms with Crippen LogP contribution in [0.15, 0.2) is 48.8 Å². The minimum atomic E-state index is -0.224. The Morgan fingerprint density at radius 3 is 2.62 bits per heavy atom. The zero-order valence-electron chi connectivity index (χ0n) is 13.1. The molecule has 0 unspecified atom stereocenters. The lowest BCUT2D eigenvalue weighted by Crippen LogP contribution is -2.49. The molecular weight excluding hydrogens is 307 g/mol. The first kappa shape index (κ1) is 14.7. The molecule has 0 radical (unpaired) electrons. The zero-order valence-corrected chi connectivity index (χ0v) is 13.1. The number of benzene rings is 2. The Balaban J connectivity index is 1.51. The van der Waals surface area contributed by atoms with E-state index in [2.05, 4.69) is 9.97 Å². The molecule has 1 saturated heterocycles. The maximum absolute atomic E-state index is 13.9. The van der Waals surface area contributed by atoms with Crippen molar-refractivity contribution in [3.63, 3.8) is 0 Å². The summed E-state index contributed by atoms with van der Waals surface area (Å²) in [7, 11) is 0. The van der Waals surface area contributed by atoms with Gasteiger partial charge in [-0.25, -0.2) is 9.37 Å². The van der Waals surface area contributed by atoms with Crippen molar-refractivity contribution in [2.75, 3.05) is 31.1 Å².